The van der Waals surface area contributed by atoms with Crippen LogP contribution in [-0.4, -0.2) is 58.7 Å². The molecule has 13 heteroatoms. The van der Waals surface area contributed by atoms with Crippen molar-refractivity contribution in [3.63, 3.8) is 0 Å². The number of fused-ring (bicyclic) bond motifs is 1. The minimum absolute atomic E-state index is 0.0468. The van der Waals surface area contributed by atoms with Crippen molar-refractivity contribution in [2.24, 2.45) is 0 Å². The Labute approximate surface area is 190 Å². The number of H-pyrrole nitrogens is 1. The van der Waals surface area contributed by atoms with Crippen LogP contribution in [0.5, 0.6) is 0 Å². The number of pyridine rings is 1. The summed E-state index contributed by atoms with van der Waals surface area (Å²) >= 11 is 6.03. The average molecular weight is 485 g/mol. The molecule has 9 nitrogen and oxygen atoms in total. The van der Waals surface area contributed by atoms with Crippen molar-refractivity contribution >= 4 is 40.0 Å². The molecule has 0 atom stereocenters. The van der Waals surface area contributed by atoms with Crippen LogP contribution >= 0.6 is 11.6 Å². The molecule has 0 radical (unpaired) electrons. The summed E-state index contributed by atoms with van der Waals surface area (Å²) in [5.74, 6) is 0.456. The number of nitrogens with zero attached hydrogens (tertiary/aromatic N) is 4. The van der Waals surface area contributed by atoms with Crippen LogP contribution in [0.4, 0.5) is 24.9 Å². The van der Waals surface area contributed by atoms with Gasteiger partial charge >= 0.3 is 6.18 Å². The van der Waals surface area contributed by atoms with Gasteiger partial charge in [-0.25, -0.2) is 10.1 Å². The van der Waals surface area contributed by atoms with Crippen LogP contribution < -0.4 is 15.8 Å². The van der Waals surface area contributed by atoms with E-state index in [2.05, 4.69) is 20.5 Å². The van der Waals surface area contributed by atoms with Gasteiger partial charge in [0, 0.05) is 32.4 Å². The van der Waals surface area contributed by atoms with Gasteiger partial charge in [0.25, 0.3) is 5.56 Å². The van der Waals surface area contributed by atoms with Gasteiger partial charge in [0.1, 0.15) is 17.0 Å². The first-order valence-corrected chi connectivity index (χ1v) is 10.4. The molecule has 1 fully saturated rings. The summed E-state index contributed by atoms with van der Waals surface area (Å²) in [4.78, 5) is 32.3. The molecule has 1 saturated heterocycles. The summed E-state index contributed by atoms with van der Waals surface area (Å²) in [5.41, 5.74) is -0.785. The molecule has 0 bridgehead atoms. The van der Waals surface area contributed by atoms with E-state index in [0.29, 0.717) is 43.0 Å². The summed E-state index contributed by atoms with van der Waals surface area (Å²) in [6.45, 7) is 5.25. The zero-order valence-electron chi connectivity index (χ0n) is 17.7. The largest absolute Gasteiger partial charge is 0.444 e. The minimum atomic E-state index is -4.51. The number of piperazine rings is 1. The molecule has 33 heavy (non-hydrogen) atoms. The van der Waals surface area contributed by atoms with Gasteiger partial charge in [0.15, 0.2) is 0 Å². The quantitative estimate of drug-likeness (QED) is 0.586. The molecular weight excluding hydrogens is 465 g/mol. The van der Waals surface area contributed by atoms with Crippen LogP contribution in [0.3, 0.4) is 0 Å². The minimum Gasteiger partial charge on any atom is -0.444 e. The second-order valence-corrected chi connectivity index (χ2v) is 8.12. The van der Waals surface area contributed by atoms with Gasteiger partial charge in [-0.15, -0.1) is 0 Å². The van der Waals surface area contributed by atoms with Crippen molar-refractivity contribution in [3.8, 4) is 0 Å². The van der Waals surface area contributed by atoms with E-state index < -0.39 is 17.3 Å². The van der Waals surface area contributed by atoms with Gasteiger partial charge < -0.3 is 9.32 Å². The molecule has 0 spiro atoms. The molecule has 2 N–H and O–H groups in total. The summed E-state index contributed by atoms with van der Waals surface area (Å²) in [6.07, 6.45) is -3.76. The van der Waals surface area contributed by atoms with Crippen LogP contribution in [0.1, 0.15) is 17.0 Å². The van der Waals surface area contributed by atoms with Crippen molar-refractivity contribution in [1.29, 1.82) is 0 Å². The Bertz CT molecular complexity index is 1260. The number of hydrogen-bond acceptors (Lipinski definition) is 7. The standard InChI is InChI=1S/C20H20ClF3N6O3/c1-10-15-11(2)33-19(16(15)18(32)28-27-10)26-14(31)9-29-3-5-30(6-4-29)17-13(21)7-12(8-25-17)20(22,23)24/h7-8H,3-6,9H2,1-2H3,(H,26,31)(H,28,32). The molecule has 1 aliphatic rings. The van der Waals surface area contributed by atoms with Gasteiger partial charge in [-0.05, 0) is 19.9 Å². The number of aromatic nitrogens is 3. The molecule has 176 valence electrons. The smallest absolute Gasteiger partial charge is 0.417 e. The third-order valence-corrected chi connectivity index (χ3v) is 5.72. The van der Waals surface area contributed by atoms with Crippen LogP contribution in [0.15, 0.2) is 21.5 Å². The molecule has 0 aliphatic carbocycles. The highest BCUT2D eigenvalue weighted by atomic mass is 35.5. The number of carbonyl (C=O) groups is 1. The number of aromatic amines is 1. The number of amides is 1. The number of rotatable bonds is 4. The third kappa shape index (κ3) is 4.67. The van der Waals surface area contributed by atoms with E-state index in [0.717, 1.165) is 12.3 Å². The lowest BCUT2D eigenvalue weighted by atomic mass is 10.2. The lowest BCUT2D eigenvalue weighted by molar-refractivity contribution is -0.137. The Morgan fingerprint density at radius 2 is 1.94 bits per heavy atom. The maximum Gasteiger partial charge on any atom is 0.417 e. The highest BCUT2D eigenvalue weighted by molar-refractivity contribution is 6.33. The molecule has 1 aliphatic heterocycles. The van der Waals surface area contributed by atoms with E-state index in [-0.39, 0.29) is 34.6 Å². The van der Waals surface area contributed by atoms with E-state index >= 15 is 0 Å². The number of furan rings is 1. The SMILES string of the molecule is Cc1n[nH]c(=O)c2c(NC(=O)CN3CCN(c4ncc(C(F)(F)F)cc4Cl)CC3)oc(C)c12. The number of anilines is 2. The Morgan fingerprint density at radius 3 is 2.58 bits per heavy atom. The van der Waals surface area contributed by atoms with Crippen molar-refractivity contribution in [3.05, 3.63) is 44.7 Å². The number of hydrogen-bond donors (Lipinski definition) is 2. The van der Waals surface area contributed by atoms with Gasteiger partial charge in [-0.3, -0.25) is 19.8 Å². The van der Waals surface area contributed by atoms with Gasteiger partial charge in [0.2, 0.25) is 11.8 Å². The van der Waals surface area contributed by atoms with Gasteiger partial charge in [-0.2, -0.15) is 18.3 Å². The fourth-order valence-electron chi connectivity index (χ4n) is 3.84. The number of aryl methyl sites for hydroxylation is 2. The monoisotopic (exact) mass is 484 g/mol. The van der Waals surface area contributed by atoms with Crippen LogP contribution in [-0.2, 0) is 11.0 Å². The van der Waals surface area contributed by atoms with Gasteiger partial charge in [-0.1, -0.05) is 11.6 Å². The second kappa shape index (κ2) is 8.67. The fraction of sp³-hybridized carbons (Fsp3) is 0.400. The molecule has 3 aromatic heterocycles. The summed E-state index contributed by atoms with van der Waals surface area (Å²) in [7, 11) is 0. The Hall–Kier alpha value is -3.12. The lowest BCUT2D eigenvalue weighted by Crippen LogP contribution is -2.49. The molecule has 1 amide bonds. The predicted molar refractivity (Wildman–Crippen MR) is 116 cm³/mol. The molecule has 0 saturated carbocycles. The van der Waals surface area contributed by atoms with Crippen molar-refractivity contribution in [2.75, 3.05) is 42.9 Å². The number of halogens is 4. The van der Waals surface area contributed by atoms with E-state index in [1.54, 1.807) is 18.7 Å². The zero-order chi connectivity index (χ0) is 23.9. The Balaban J connectivity index is 1.38. The average Bonchev–Trinajstić information content (AvgIpc) is 3.07. The van der Waals surface area contributed by atoms with E-state index in [1.165, 1.54) is 0 Å². The first-order chi connectivity index (χ1) is 15.5. The molecule has 0 unspecified atom stereocenters. The number of nitrogens with one attached hydrogen (secondary N) is 2. The fourth-order valence-corrected chi connectivity index (χ4v) is 4.12. The van der Waals surface area contributed by atoms with Crippen molar-refractivity contribution in [1.82, 2.24) is 20.1 Å². The molecule has 4 heterocycles. The zero-order valence-corrected chi connectivity index (χ0v) is 18.5. The first-order valence-electron chi connectivity index (χ1n) is 10.0. The molecule has 4 rings (SSSR count). The van der Waals surface area contributed by atoms with Crippen molar-refractivity contribution < 1.29 is 22.4 Å². The van der Waals surface area contributed by atoms with Crippen LogP contribution in [0, 0.1) is 13.8 Å². The van der Waals surface area contributed by atoms with Gasteiger partial charge in [0.05, 0.1) is 28.2 Å². The van der Waals surface area contributed by atoms with Crippen LogP contribution in [0.25, 0.3) is 10.8 Å². The maximum atomic E-state index is 12.8. The summed E-state index contributed by atoms with van der Waals surface area (Å²) in [5, 5.41) is 9.65. The third-order valence-electron chi connectivity index (χ3n) is 5.44. The van der Waals surface area contributed by atoms with Crippen molar-refractivity contribution in [2.45, 2.75) is 20.0 Å². The van der Waals surface area contributed by atoms with E-state index in [4.69, 9.17) is 16.0 Å². The molecule has 3 aromatic rings. The topological polar surface area (TPSA) is 107 Å². The Kier molecular flexibility index (Phi) is 6.06. The Morgan fingerprint density at radius 1 is 1.24 bits per heavy atom. The number of carbonyl (C=O) groups excluding carboxylic acids is 1. The predicted octanol–water partition coefficient (Wildman–Crippen LogP) is 2.96. The lowest BCUT2D eigenvalue weighted by Gasteiger charge is -2.35. The highest BCUT2D eigenvalue weighted by Gasteiger charge is 2.32. The number of alkyl halides is 3. The second-order valence-electron chi connectivity index (χ2n) is 7.71. The van der Waals surface area contributed by atoms with E-state index in [9.17, 15) is 22.8 Å². The summed E-state index contributed by atoms with van der Waals surface area (Å²) < 4.78 is 44.0. The summed E-state index contributed by atoms with van der Waals surface area (Å²) in [6, 6.07) is 0.859. The maximum absolute atomic E-state index is 12.8. The molecular formula is C20H20ClF3N6O3. The normalized spacial score (nSPS) is 15.3. The van der Waals surface area contributed by atoms with Crippen LogP contribution in [0.2, 0.25) is 5.02 Å². The highest BCUT2D eigenvalue weighted by Crippen LogP contribution is 2.34. The first kappa shape index (κ1) is 23.1. The molecule has 0 aromatic carbocycles. The van der Waals surface area contributed by atoms with E-state index in [1.807, 2.05) is 4.90 Å².